The Hall–Kier alpha value is -2.10. The van der Waals surface area contributed by atoms with Crippen molar-refractivity contribution in [1.82, 2.24) is 4.98 Å². The summed E-state index contributed by atoms with van der Waals surface area (Å²) in [5, 5.41) is 0.955. The summed E-state index contributed by atoms with van der Waals surface area (Å²) in [7, 11) is 0. The summed E-state index contributed by atoms with van der Waals surface area (Å²) in [6, 6.07) is 9.35. The number of fused-ring (bicyclic) bond motifs is 1. The zero-order chi connectivity index (χ0) is 13.1. The van der Waals surface area contributed by atoms with E-state index < -0.39 is 11.9 Å². The smallest absolute Gasteiger partial charge is 0.316 e. The van der Waals surface area contributed by atoms with Crippen molar-refractivity contribution in [2.24, 2.45) is 5.92 Å². The summed E-state index contributed by atoms with van der Waals surface area (Å²) in [5.74, 6) is -1.51. The van der Waals surface area contributed by atoms with Crippen LogP contribution in [0.2, 0.25) is 0 Å². The molecule has 2 aromatic rings. The highest BCUT2D eigenvalue weighted by atomic mass is 16.5. The number of hydrogen-bond acceptors (Lipinski definition) is 3. The Morgan fingerprint density at radius 1 is 1.33 bits per heavy atom. The van der Waals surface area contributed by atoms with Gasteiger partial charge in [0.15, 0.2) is 5.78 Å². The van der Waals surface area contributed by atoms with Gasteiger partial charge in [-0.15, -0.1) is 0 Å². The van der Waals surface area contributed by atoms with E-state index in [1.807, 2.05) is 24.3 Å². The first-order valence-electron chi connectivity index (χ1n) is 5.92. The minimum atomic E-state index is -0.780. The fourth-order valence-electron chi connectivity index (χ4n) is 1.81. The van der Waals surface area contributed by atoms with E-state index >= 15 is 0 Å². The van der Waals surface area contributed by atoms with Gasteiger partial charge >= 0.3 is 5.97 Å². The van der Waals surface area contributed by atoms with Crippen molar-refractivity contribution in [2.75, 3.05) is 6.61 Å². The topological polar surface area (TPSA) is 59.2 Å². The lowest BCUT2D eigenvalue weighted by Crippen LogP contribution is -2.23. The predicted octanol–water partition coefficient (Wildman–Crippen LogP) is 2.55. The Balaban J connectivity index is 2.25. The van der Waals surface area contributed by atoms with Gasteiger partial charge in [-0.25, -0.2) is 0 Å². The van der Waals surface area contributed by atoms with Crippen molar-refractivity contribution in [1.29, 1.82) is 0 Å². The molecule has 1 aromatic carbocycles. The van der Waals surface area contributed by atoms with Crippen molar-refractivity contribution in [2.45, 2.75) is 13.8 Å². The molecule has 1 unspecified atom stereocenters. The molecule has 1 atom stereocenters. The molecule has 1 N–H and O–H groups in total. The number of H-pyrrole nitrogens is 1. The van der Waals surface area contributed by atoms with Crippen LogP contribution in [0.15, 0.2) is 30.3 Å². The molecule has 94 valence electrons. The Bertz CT molecular complexity index is 552. The Labute approximate surface area is 105 Å². The molecule has 2 rings (SSSR count). The molecular weight excluding hydrogens is 230 g/mol. The highest BCUT2D eigenvalue weighted by Gasteiger charge is 2.25. The lowest BCUT2D eigenvalue weighted by Gasteiger charge is -2.07. The molecule has 0 bridgehead atoms. The minimum Gasteiger partial charge on any atom is -0.465 e. The number of esters is 1. The van der Waals surface area contributed by atoms with Gasteiger partial charge in [-0.1, -0.05) is 18.2 Å². The van der Waals surface area contributed by atoms with E-state index in [1.165, 1.54) is 0 Å². The maximum Gasteiger partial charge on any atom is 0.316 e. The third kappa shape index (κ3) is 2.27. The number of aromatic amines is 1. The summed E-state index contributed by atoms with van der Waals surface area (Å²) in [6.07, 6.45) is 0. The van der Waals surface area contributed by atoms with Crippen LogP contribution in [-0.4, -0.2) is 23.3 Å². The molecule has 1 heterocycles. The van der Waals surface area contributed by atoms with Gasteiger partial charge in [0.1, 0.15) is 5.92 Å². The van der Waals surface area contributed by atoms with Gasteiger partial charge in [0, 0.05) is 10.9 Å². The number of nitrogens with one attached hydrogen (secondary N) is 1. The summed E-state index contributed by atoms with van der Waals surface area (Å²) in [5.41, 5.74) is 1.33. The molecule has 0 spiro atoms. The third-order valence-corrected chi connectivity index (χ3v) is 2.83. The fourth-order valence-corrected chi connectivity index (χ4v) is 1.81. The number of carbonyl (C=O) groups is 2. The average molecular weight is 245 g/mol. The predicted molar refractivity (Wildman–Crippen MR) is 68.4 cm³/mol. The number of Topliss-reactive ketones (excluding diaryl/α,β-unsaturated/α-hetero) is 1. The standard InChI is InChI=1S/C14H15NO3/c1-3-18-14(17)9(2)13(16)12-8-10-6-4-5-7-11(10)15-12/h4-9,15H,3H2,1-2H3. The zero-order valence-electron chi connectivity index (χ0n) is 10.4. The number of hydrogen-bond donors (Lipinski definition) is 1. The molecule has 0 amide bonds. The van der Waals surface area contributed by atoms with Gasteiger partial charge in [0.05, 0.1) is 12.3 Å². The van der Waals surface area contributed by atoms with Gasteiger partial charge < -0.3 is 9.72 Å². The number of ketones is 1. The van der Waals surface area contributed by atoms with Crippen LogP contribution in [-0.2, 0) is 9.53 Å². The molecule has 0 saturated carbocycles. The van der Waals surface area contributed by atoms with E-state index in [4.69, 9.17) is 4.74 Å². The van der Waals surface area contributed by atoms with E-state index in [0.717, 1.165) is 10.9 Å². The Morgan fingerprint density at radius 2 is 2.06 bits per heavy atom. The summed E-state index contributed by atoms with van der Waals surface area (Å²) in [6.45, 7) is 3.56. The number of para-hydroxylation sites is 1. The molecule has 4 nitrogen and oxygen atoms in total. The molecule has 0 saturated heterocycles. The van der Waals surface area contributed by atoms with Crippen LogP contribution in [0.4, 0.5) is 0 Å². The zero-order valence-corrected chi connectivity index (χ0v) is 10.4. The quantitative estimate of drug-likeness (QED) is 0.511. The maximum atomic E-state index is 12.1. The van der Waals surface area contributed by atoms with Gasteiger partial charge in [-0.3, -0.25) is 9.59 Å². The number of rotatable bonds is 4. The van der Waals surface area contributed by atoms with E-state index in [2.05, 4.69) is 4.98 Å². The van der Waals surface area contributed by atoms with Crippen molar-refractivity contribution in [3.63, 3.8) is 0 Å². The second kappa shape index (κ2) is 5.04. The third-order valence-electron chi connectivity index (χ3n) is 2.83. The van der Waals surface area contributed by atoms with Crippen molar-refractivity contribution in [3.8, 4) is 0 Å². The van der Waals surface area contributed by atoms with Gasteiger partial charge in [-0.2, -0.15) is 0 Å². The number of benzene rings is 1. The molecule has 0 aliphatic carbocycles. The Kier molecular flexibility index (Phi) is 3.46. The molecule has 0 fully saturated rings. The first-order chi connectivity index (χ1) is 8.63. The van der Waals surface area contributed by atoms with E-state index in [9.17, 15) is 9.59 Å². The van der Waals surface area contributed by atoms with Crippen molar-refractivity contribution >= 4 is 22.7 Å². The Morgan fingerprint density at radius 3 is 2.72 bits per heavy atom. The van der Waals surface area contributed by atoms with Crippen LogP contribution < -0.4 is 0 Å². The fraction of sp³-hybridized carbons (Fsp3) is 0.286. The van der Waals surface area contributed by atoms with Crippen LogP contribution >= 0.6 is 0 Å². The number of ether oxygens (including phenoxy) is 1. The van der Waals surface area contributed by atoms with Crippen LogP contribution in [0.1, 0.15) is 24.3 Å². The summed E-state index contributed by atoms with van der Waals surface area (Å²) in [4.78, 5) is 26.6. The van der Waals surface area contributed by atoms with Crippen LogP contribution in [0.5, 0.6) is 0 Å². The van der Waals surface area contributed by atoms with Crippen LogP contribution in [0.3, 0.4) is 0 Å². The normalized spacial score (nSPS) is 12.3. The lowest BCUT2D eigenvalue weighted by molar-refractivity contribution is -0.145. The monoisotopic (exact) mass is 245 g/mol. The minimum absolute atomic E-state index is 0.246. The maximum absolute atomic E-state index is 12.1. The van der Waals surface area contributed by atoms with Crippen molar-refractivity contribution < 1.29 is 14.3 Å². The molecule has 18 heavy (non-hydrogen) atoms. The van der Waals surface area contributed by atoms with Crippen molar-refractivity contribution in [3.05, 3.63) is 36.0 Å². The number of carbonyl (C=O) groups excluding carboxylic acids is 2. The highest BCUT2D eigenvalue weighted by molar-refractivity contribution is 6.09. The van der Waals surface area contributed by atoms with Gasteiger partial charge in [0.2, 0.25) is 0 Å². The second-order valence-corrected chi connectivity index (χ2v) is 4.11. The first kappa shape index (κ1) is 12.4. The largest absolute Gasteiger partial charge is 0.465 e. The van der Waals surface area contributed by atoms with E-state index in [-0.39, 0.29) is 12.4 Å². The highest BCUT2D eigenvalue weighted by Crippen LogP contribution is 2.17. The second-order valence-electron chi connectivity index (χ2n) is 4.11. The van der Waals surface area contributed by atoms with Crippen LogP contribution in [0.25, 0.3) is 10.9 Å². The van der Waals surface area contributed by atoms with Crippen LogP contribution in [0, 0.1) is 5.92 Å². The molecule has 0 radical (unpaired) electrons. The summed E-state index contributed by atoms with van der Waals surface area (Å²) >= 11 is 0. The van der Waals surface area contributed by atoms with E-state index in [0.29, 0.717) is 5.69 Å². The van der Waals surface area contributed by atoms with E-state index in [1.54, 1.807) is 19.9 Å². The molecule has 1 aromatic heterocycles. The lowest BCUT2D eigenvalue weighted by atomic mass is 10.0. The average Bonchev–Trinajstić information content (AvgIpc) is 2.81. The number of aromatic nitrogens is 1. The molecule has 0 aliphatic heterocycles. The summed E-state index contributed by atoms with van der Waals surface area (Å²) < 4.78 is 4.85. The molecule has 0 aliphatic rings. The van der Waals surface area contributed by atoms with Gasteiger partial charge in [0.25, 0.3) is 0 Å². The first-order valence-corrected chi connectivity index (χ1v) is 5.92. The molecule has 4 heteroatoms. The SMILES string of the molecule is CCOC(=O)C(C)C(=O)c1cc2ccccc2[nH]1. The van der Waals surface area contributed by atoms with Gasteiger partial charge in [-0.05, 0) is 26.0 Å². The molecular formula is C14H15NO3.